The van der Waals surface area contributed by atoms with E-state index in [0.29, 0.717) is 19.4 Å². The summed E-state index contributed by atoms with van der Waals surface area (Å²) in [4.78, 5) is 43.0. The summed E-state index contributed by atoms with van der Waals surface area (Å²) < 4.78 is 0. The van der Waals surface area contributed by atoms with Crippen LogP contribution < -0.4 is 5.32 Å². The summed E-state index contributed by atoms with van der Waals surface area (Å²) in [5, 5.41) is 2.84. The van der Waals surface area contributed by atoms with Gasteiger partial charge in [-0.25, -0.2) is 9.69 Å². The van der Waals surface area contributed by atoms with Crippen molar-refractivity contribution in [2.75, 3.05) is 26.7 Å². The fraction of sp³-hybridized carbons (Fsp3) is 0.812. The van der Waals surface area contributed by atoms with Gasteiger partial charge in [-0.1, -0.05) is 12.8 Å². The lowest BCUT2D eigenvalue weighted by molar-refractivity contribution is -0.145. The molecule has 3 aliphatic rings. The maximum atomic E-state index is 12.8. The van der Waals surface area contributed by atoms with Crippen LogP contribution >= 0.6 is 0 Å². The molecule has 1 aliphatic carbocycles. The second kappa shape index (κ2) is 5.78. The number of rotatable bonds is 2. The van der Waals surface area contributed by atoms with Crippen molar-refractivity contribution in [3.63, 3.8) is 0 Å². The Kier molecular flexibility index (Phi) is 4.08. The first kappa shape index (κ1) is 16.2. The van der Waals surface area contributed by atoms with E-state index in [0.717, 1.165) is 30.8 Å². The second-order valence-corrected chi connectivity index (χ2v) is 7.21. The van der Waals surface area contributed by atoms with Gasteiger partial charge in [-0.15, -0.1) is 0 Å². The van der Waals surface area contributed by atoms with E-state index in [1.165, 1.54) is 0 Å². The van der Waals surface area contributed by atoms with Crippen molar-refractivity contribution in [3.8, 4) is 0 Å². The van der Waals surface area contributed by atoms with Crippen LogP contribution in [0.4, 0.5) is 4.79 Å². The molecule has 0 radical (unpaired) electrons. The fourth-order valence-corrected chi connectivity index (χ4v) is 4.13. The zero-order valence-electron chi connectivity index (χ0n) is 14.2. The maximum absolute atomic E-state index is 12.8. The first-order valence-electron chi connectivity index (χ1n) is 8.50. The number of nitrogens with one attached hydrogen (secondary N) is 1. The van der Waals surface area contributed by atoms with Gasteiger partial charge in [0.25, 0.3) is 5.91 Å². The summed E-state index contributed by atoms with van der Waals surface area (Å²) in [6.45, 7) is 5.93. The molecule has 1 spiro atoms. The number of nitrogens with zero attached hydrogens (tertiary/aromatic N) is 3. The molecule has 0 aromatic carbocycles. The number of piperazine rings is 1. The van der Waals surface area contributed by atoms with Crippen LogP contribution in [-0.2, 0) is 9.59 Å². The molecule has 2 saturated heterocycles. The lowest BCUT2D eigenvalue weighted by Crippen LogP contribution is -2.58. The normalized spacial score (nSPS) is 29.3. The van der Waals surface area contributed by atoms with Crippen molar-refractivity contribution in [3.05, 3.63) is 0 Å². The molecule has 0 aromatic rings. The van der Waals surface area contributed by atoms with Crippen molar-refractivity contribution in [2.45, 2.75) is 57.2 Å². The predicted molar refractivity (Wildman–Crippen MR) is 84.7 cm³/mol. The number of urea groups is 1. The SMILES string of the molecule is C[C@@H]1CN(C)CCN1C(=O)[C@@H](C)N1C(=O)NC2(CCCC2)C1=O. The number of hydrogen-bond acceptors (Lipinski definition) is 4. The highest BCUT2D eigenvalue weighted by Crippen LogP contribution is 2.36. The first-order valence-corrected chi connectivity index (χ1v) is 8.50. The van der Waals surface area contributed by atoms with Crippen LogP contribution in [-0.4, -0.2) is 76.8 Å². The fourth-order valence-electron chi connectivity index (χ4n) is 4.13. The van der Waals surface area contributed by atoms with E-state index in [9.17, 15) is 14.4 Å². The summed E-state index contributed by atoms with van der Waals surface area (Å²) in [7, 11) is 2.03. The van der Waals surface area contributed by atoms with Crippen LogP contribution in [0.2, 0.25) is 0 Å². The zero-order chi connectivity index (χ0) is 16.8. The molecule has 23 heavy (non-hydrogen) atoms. The summed E-state index contributed by atoms with van der Waals surface area (Å²) in [6.07, 6.45) is 3.25. The van der Waals surface area contributed by atoms with Gasteiger partial charge in [0.1, 0.15) is 11.6 Å². The molecule has 128 valence electrons. The molecule has 7 heteroatoms. The highest BCUT2D eigenvalue weighted by atomic mass is 16.2. The number of carbonyl (C=O) groups excluding carboxylic acids is 3. The van der Waals surface area contributed by atoms with Crippen molar-refractivity contribution in [1.82, 2.24) is 20.0 Å². The second-order valence-electron chi connectivity index (χ2n) is 7.21. The van der Waals surface area contributed by atoms with E-state index in [-0.39, 0.29) is 17.9 Å². The summed E-state index contributed by atoms with van der Waals surface area (Å²) in [6, 6.07) is -1.07. The standard InChI is InChI=1S/C16H26N4O3/c1-11-10-18(3)8-9-19(11)13(21)12(2)20-14(22)16(17-15(20)23)6-4-5-7-16/h11-12H,4-10H2,1-3H3,(H,17,23)/t11-,12-/m1/s1. The van der Waals surface area contributed by atoms with Gasteiger partial charge in [-0.3, -0.25) is 9.59 Å². The molecule has 0 aromatic heterocycles. The molecular formula is C16H26N4O3. The Morgan fingerprint density at radius 3 is 2.52 bits per heavy atom. The molecule has 2 atom stereocenters. The lowest BCUT2D eigenvalue weighted by atomic mass is 9.97. The Morgan fingerprint density at radius 1 is 1.26 bits per heavy atom. The van der Waals surface area contributed by atoms with Gasteiger partial charge in [-0.05, 0) is 33.7 Å². The van der Waals surface area contributed by atoms with Gasteiger partial charge in [0.2, 0.25) is 5.91 Å². The molecular weight excluding hydrogens is 296 g/mol. The van der Waals surface area contributed by atoms with Crippen LogP contribution in [0.15, 0.2) is 0 Å². The first-order chi connectivity index (χ1) is 10.9. The maximum Gasteiger partial charge on any atom is 0.325 e. The van der Waals surface area contributed by atoms with E-state index in [1.807, 2.05) is 14.0 Å². The van der Waals surface area contributed by atoms with E-state index >= 15 is 0 Å². The highest BCUT2D eigenvalue weighted by molar-refractivity contribution is 6.10. The number of imide groups is 1. The minimum Gasteiger partial charge on any atom is -0.336 e. The van der Waals surface area contributed by atoms with Crippen LogP contribution in [0.1, 0.15) is 39.5 Å². The topological polar surface area (TPSA) is 73.0 Å². The average Bonchev–Trinajstić information content (AvgIpc) is 3.04. The molecule has 0 unspecified atom stereocenters. The number of carbonyl (C=O) groups is 3. The third kappa shape index (κ3) is 2.60. The minimum atomic E-state index is -0.751. The van der Waals surface area contributed by atoms with Gasteiger partial charge in [-0.2, -0.15) is 0 Å². The highest BCUT2D eigenvalue weighted by Gasteiger charge is 2.55. The smallest absolute Gasteiger partial charge is 0.325 e. The molecule has 1 saturated carbocycles. The molecule has 7 nitrogen and oxygen atoms in total. The molecule has 3 fully saturated rings. The average molecular weight is 322 g/mol. The van der Waals surface area contributed by atoms with E-state index in [1.54, 1.807) is 11.8 Å². The molecule has 3 rings (SSSR count). The molecule has 4 amide bonds. The minimum absolute atomic E-state index is 0.0879. The molecule has 2 heterocycles. The zero-order valence-corrected chi connectivity index (χ0v) is 14.2. The van der Waals surface area contributed by atoms with Crippen molar-refractivity contribution < 1.29 is 14.4 Å². The van der Waals surface area contributed by atoms with Crippen molar-refractivity contribution >= 4 is 17.8 Å². The number of hydrogen-bond donors (Lipinski definition) is 1. The Hall–Kier alpha value is -1.63. The largest absolute Gasteiger partial charge is 0.336 e. The van der Waals surface area contributed by atoms with Crippen molar-refractivity contribution in [2.24, 2.45) is 0 Å². The van der Waals surface area contributed by atoms with Crippen LogP contribution in [0.3, 0.4) is 0 Å². The van der Waals surface area contributed by atoms with Gasteiger partial charge in [0.15, 0.2) is 0 Å². The Labute approximate surface area is 137 Å². The Bertz CT molecular complexity index is 529. The van der Waals surface area contributed by atoms with Crippen LogP contribution in [0, 0.1) is 0 Å². The van der Waals surface area contributed by atoms with Gasteiger partial charge in [0.05, 0.1) is 0 Å². The lowest BCUT2D eigenvalue weighted by Gasteiger charge is -2.40. The quantitative estimate of drug-likeness (QED) is 0.747. The van der Waals surface area contributed by atoms with Crippen LogP contribution in [0.5, 0.6) is 0 Å². The van der Waals surface area contributed by atoms with E-state index in [2.05, 4.69) is 10.2 Å². The van der Waals surface area contributed by atoms with Gasteiger partial charge < -0.3 is 15.1 Å². The van der Waals surface area contributed by atoms with E-state index < -0.39 is 17.6 Å². The molecule has 0 bridgehead atoms. The Morgan fingerprint density at radius 2 is 1.91 bits per heavy atom. The summed E-state index contributed by atoms with van der Waals surface area (Å²) >= 11 is 0. The summed E-state index contributed by atoms with van der Waals surface area (Å²) in [5.41, 5.74) is -0.751. The Balaban J connectivity index is 1.74. The van der Waals surface area contributed by atoms with Gasteiger partial charge >= 0.3 is 6.03 Å². The van der Waals surface area contributed by atoms with Crippen LogP contribution in [0.25, 0.3) is 0 Å². The number of likely N-dealkylation sites (N-methyl/N-ethyl adjacent to an activating group) is 1. The third-order valence-corrected chi connectivity index (χ3v) is 5.51. The van der Waals surface area contributed by atoms with E-state index in [4.69, 9.17) is 0 Å². The molecule has 2 aliphatic heterocycles. The molecule has 1 N–H and O–H groups in total. The monoisotopic (exact) mass is 322 g/mol. The number of amides is 4. The predicted octanol–water partition coefficient (Wildman–Crippen LogP) is 0.402. The third-order valence-electron chi connectivity index (χ3n) is 5.51. The summed E-state index contributed by atoms with van der Waals surface area (Å²) in [5.74, 6) is -0.355. The van der Waals surface area contributed by atoms with Crippen molar-refractivity contribution in [1.29, 1.82) is 0 Å². The van der Waals surface area contributed by atoms with Gasteiger partial charge in [0, 0.05) is 25.7 Å².